The number of halogens is 4. The molecule has 1 unspecified atom stereocenters. The van der Waals surface area contributed by atoms with Gasteiger partial charge in [-0.05, 0) is 58.7 Å². The predicted molar refractivity (Wildman–Crippen MR) is 90.3 cm³/mol. The van der Waals surface area contributed by atoms with Gasteiger partial charge in [0.1, 0.15) is 0 Å². The number of nitrogens with one attached hydrogen (secondary N) is 1. The molecule has 1 nitrogen and oxygen atoms in total. The maximum atomic E-state index is 6.25. The average molecular weight is 424 g/mol. The van der Waals surface area contributed by atoms with Crippen molar-refractivity contribution in [2.24, 2.45) is 0 Å². The molecule has 0 aromatic heterocycles. The first-order chi connectivity index (χ1) is 8.97. The molecule has 1 N–H and O–H groups in total. The molecule has 2 aromatic carbocycles. The summed E-state index contributed by atoms with van der Waals surface area (Å²) >= 11 is 19.0. The molecule has 2 aromatic rings. The van der Waals surface area contributed by atoms with Crippen molar-refractivity contribution in [3.8, 4) is 0 Å². The molecule has 0 saturated carbocycles. The predicted octanol–water partition coefficient (Wildman–Crippen LogP) is 6.69. The lowest BCUT2D eigenvalue weighted by Gasteiger charge is -2.17. The van der Waals surface area contributed by atoms with Crippen molar-refractivity contribution in [1.29, 1.82) is 0 Å². The van der Waals surface area contributed by atoms with Crippen molar-refractivity contribution in [3.63, 3.8) is 0 Å². The van der Waals surface area contributed by atoms with Crippen LogP contribution in [0.2, 0.25) is 10.0 Å². The summed E-state index contributed by atoms with van der Waals surface area (Å²) in [5.41, 5.74) is 2.04. The highest BCUT2D eigenvalue weighted by molar-refractivity contribution is 9.10. The summed E-state index contributed by atoms with van der Waals surface area (Å²) in [6, 6.07) is 11.7. The molecule has 0 aliphatic heterocycles. The van der Waals surface area contributed by atoms with E-state index in [9.17, 15) is 0 Å². The molecular formula is C14H11Br2Cl2N. The highest BCUT2D eigenvalue weighted by Gasteiger charge is 2.10. The Bertz CT molecular complexity index is 602. The average Bonchev–Trinajstić information content (AvgIpc) is 2.33. The smallest absolute Gasteiger partial charge is 0.0549 e. The molecule has 0 spiro atoms. The Morgan fingerprint density at radius 2 is 1.74 bits per heavy atom. The fourth-order valence-corrected chi connectivity index (χ4v) is 3.10. The van der Waals surface area contributed by atoms with Crippen LogP contribution in [0.3, 0.4) is 0 Å². The van der Waals surface area contributed by atoms with Crippen LogP contribution in [0.1, 0.15) is 18.5 Å². The first kappa shape index (κ1) is 15.2. The molecule has 0 saturated heterocycles. The van der Waals surface area contributed by atoms with E-state index in [1.807, 2.05) is 36.4 Å². The molecule has 100 valence electrons. The van der Waals surface area contributed by atoms with Crippen LogP contribution in [0.5, 0.6) is 0 Å². The van der Waals surface area contributed by atoms with E-state index in [-0.39, 0.29) is 6.04 Å². The maximum absolute atomic E-state index is 6.25. The topological polar surface area (TPSA) is 12.0 Å². The molecule has 0 radical (unpaired) electrons. The van der Waals surface area contributed by atoms with Gasteiger partial charge >= 0.3 is 0 Å². The van der Waals surface area contributed by atoms with Gasteiger partial charge in [0.05, 0.1) is 5.02 Å². The molecule has 0 amide bonds. The first-order valence-electron chi connectivity index (χ1n) is 5.64. The summed E-state index contributed by atoms with van der Waals surface area (Å²) in [5, 5.41) is 4.83. The minimum Gasteiger partial charge on any atom is -0.378 e. The second kappa shape index (κ2) is 6.49. The number of hydrogen-bond acceptors (Lipinski definition) is 1. The molecule has 0 bridgehead atoms. The van der Waals surface area contributed by atoms with E-state index >= 15 is 0 Å². The number of hydrogen-bond donors (Lipinski definition) is 1. The summed E-state index contributed by atoms with van der Waals surface area (Å²) in [5.74, 6) is 0. The summed E-state index contributed by atoms with van der Waals surface area (Å²) in [6.45, 7) is 2.07. The van der Waals surface area contributed by atoms with Gasteiger partial charge in [-0.25, -0.2) is 0 Å². The van der Waals surface area contributed by atoms with Crippen LogP contribution < -0.4 is 5.32 Å². The van der Waals surface area contributed by atoms with E-state index in [4.69, 9.17) is 23.2 Å². The van der Waals surface area contributed by atoms with Gasteiger partial charge < -0.3 is 5.32 Å². The third-order valence-corrected chi connectivity index (χ3v) is 4.77. The highest BCUT2D eigenvalue weighted by Crippen LogP contribution is 2.31. The molecule has 0 fully saturated rings. The van der Waals surface area contributed by atoms with E-state index in [1.165, 1.54) is 0 Å². The lowest BCUT2D eigenvalue weighted by Crippen LogP contribution is -2.07. The monoisotopic (exact) mass is 421 g/mol. The highest BCUT2D eigenvalue weighted by atomic mass is 79.9. The Labute approximate surface area is 139 Å². The van der Waals surface area contributed by atoms with Crippen LogP contribution >= 0.6 is 55.1 Å². The Balaban J connectivity index is 2.20. The fourth-order valence-electron chi connectivity index (χ4n) is 1.77. The summed E-state index contributed by atoms with van der Waals surface area (Å²) in [4.78, 5) is 0. The standard InChI is InChI=1S/C14H11Br2Cl2N/c1-8(11-4-2-9(15)6-14(11)18)19-10-3-5-13(17)12(16)7-10/h2-8,19H,1H3. The zero-order chi connectivity index (χ0) is 14.0. The van der Waals surface area contributed by atoms with Crippen LogP contribution in [0, 0.1) is 0 Å². The normalized spacial score (nSPS) is 12.3. The van der Waals surface area contributed by atoms with Gasteiger partial charge in [-0.3, -0.25) is 0 Å². The Hall–Kier alpha value is -0.220. The Morgan fingerprint density at radius 1 is 1.00 bits per heavy atom. The summed E-state index contributed by atoms with van der Waals surface area (Å²) in [7, 11) is 0. The minimum absolute atomic E-state index is 0.105. The van der Waals surface area contributed by atoms with Gasteiger partial charge in [-0.1, -0.05) is 45.2 Å². The SMILES string of the molecule is CC(Nc1ccc(Cl)c(Br)c1)c1ccc(Br)cc1Cl. The summed E-state index contributed by atoms with van der Waals surface area (Å²) in [6.07, 6.45) is 0. The van der Waals surface area contributed by atoms with E-state index in [1.54, 1.807) is 0 Å². The largest absolute Gasteiger partial charge is 0.378 e. The van der Waals surface area contributed by atoms with Gasteiger partial charge in [0.2, 0.25) is 0 Å². The van der Waals surface area contributed by atoms with Gasteiger partial charge in [0.25, 0.3) is 0 Å². The van der Waals surface area contributed by atoms with Crippen molar-refractivity contribution >= 4 is 60.7 Å². The van der Waals surface area contributed by atoms with Crippen LogP contribution in [-0.4, -0.2) is 0 Å². The Kier molecular flexibility index (Phi) is 5.18. The second-order valence-corrected chi connectivity index (χ2v) is 6.75. The molecule has 0 heterocycles. The molecule has 19 heavy (non-hydrogen) atoms. The third kappa shape index (κ3) is 3.88. The summed E-state index contributed by atoms with van der Waals surface area (Å²) < 4.78 is 1.84. The number of rotatable bonds is 3. The Morgan fingerprint density at radius 3 is 2.37 bits per heavy atom. The van der Waals surface area contributed by atoms with Crippen molar-refractivity contribution in [2.75, 3.05) is 5.32 Å². The van der Waals surface area contributed by atoms with Gasteiger partial charge in [-0.15, -0.1) is 0 Å². The zero-order valence-corrected chi connectivity index (χ0v) is 14.7. The van der Waals surface area contributed by atoms with E-state index in [0.717, 1.165) is 25.2 Å². The van der Waals surface area contributed by atoms with Gasteiger partial charge in [-0.2, -0.15) is 0 Å². The lowest BCUT2D eigenvalue weighted by atomic mass is 10.1. The van der Waals surface area contributed by atoms with Crippen molar-refractivity contribution in [1.82, 2.24) is 0 Å². The first-order valence-corrected chi connectivity index (χ1v) is 7.98. The molecule has 2 rings (SSSR count). The van der Waals surface area contributed by atoms with Gasteiger partial charge in [0, 0.05) is 25.7 Å². The second-order valence-electron chi connectivity index (χ2n) is 4.16. The molecule has 0 aliphatic rings. The van der Waals surface area contributed by atoms with E-state index in [2.05, 4.69) is 44.1 Å². The van der Waals surface area contributed by atoms with Crippen LogP contribution in [0.4, 0.5) is 5.69 Å². The number of benzene rings is 2. The number of anilines is 1. The quantitative estimate of drug-likeness (QED) is 0.579. The van der Waals surface area contributed by atoms with Crippen LogP contribution in [0.25, 0.3) is 0 Å². The third-order valence-electron chi connectivity index (χ3n) is 2.73. The maximum Gasteiger partial charge on any atom is 0.0549 e. The lowest BCUT2D eigenvalue weighted by molar-refractivity contribution is 0.884. The molecular weight excluding hydrogens is 413 g/mol. The molecule has 1 atom stereocenters. The van der Waals surface area contributed by atoms with Crippen molar-refractivity contribution in [3.05, 3.63) is 61.0 Å². The van der Waals surface area contributed by atoms with Crippen LogP contribution in [0.15, 0.2) is 45.3 Å². The van der Waals surface area contributed by atoms with Crippen molar-refractivity contribution < 1.29 is 0 Å². The minimum atomic E-state index is 0.105. The van der Waals surface area contributed by atoms with E-state index in [0.29, 0.717) is 5.02 Å². The molecule has 5 heteroatoms. The fraction of sp³-hybridized carbons (Fsp3) is 0.143. The van der Waals surface area contributed by atoms with Crippen LogP contribution in [-0.2, 0) is 0 Å². The zero-order valence-electron chi connectivity index (χ0n) is 10.1. The van der Waals surface area contributed by atoms with Gasteiger partial charge in [0.15, 0.2) is 0 Å². The van der Waals surface area contributed by atoms with Crippen molar-refractivity contribution in [2.45, 2.75) is 13.0 Å². The molecule has 0 aliphatic carbocycles. The van der Waals surface area contributed by atoms with E-state index < -0.39 is 0 Å².